The van der Waals surface area contributed by atoms with Gasteiger partial charge < -0.3 is 24.3 Å². The summed E-state index contributed by atoms with van der Waals surface area (Å²) in [7, 11) is 6.56. The van der Waals surface area contributed by atoms with Gasteiger partial charge in [-0.25, -0.2) is 0 Å². The molecule has 6 heteroatoms. The summed E-state index contributed by atoms with van der Waals surface area (Å²) < 4.78 is 21.4. The Labute approximate surface area is 162 Å². The van der Waals surface area contributed by atoms with Crippen molar-refractivity contribution >= 4 is 12.4 Å². The summed E-state index contributed by atoms with van der Waals surface area (Å²) in [5.74, 6) is 2.91. The SMILES string of the molecule is COc1ccc(C(C)NC(C)c2ccc(OC)c(OC)c2)cc1OC.Cl. The molecule has 0 bridgehead atoms. The van der Waals surface area contributed by atoms with E-state index in [1.54, 1.807) is 28.4 Å². The maximum atomic E-state index is 5.39. The first-order valence-corrected chi connectivity index (χ1v) is 8.23. The molecule has 2 aromatic carbocycles. The lowest BCUT2D eigenvalue weighted by Crippen LogP contribution is -2.22. The van der Waals surface area contributed by atoms with E-state index in [1.807, 2.05) is 36.4 Å². The van der Waals surface area contributed by atoms with Crippen LogP contribution in [0.1, 0.15) is 37.1 Å². The fourth-order valence-electron chi connectivity index (χ4n) is 2.81. The van der Waals surface area contributed by atoms with Crippen LogP contribution in [-0.4, -0.2) is 28.4 Å². The molecule has 26 heavy (non-hydrogen) atoms. The lowest BCUT2D eigenvalue weighted by Gasteiger charge is -2.22. The Balaban J connectivity index is 0.00000338. The van der Waals surface area contributed by atoms with Gasteiger partial charge in [0.25, 0.3) is 0 Å². The van der Waals surface area contributed by atoms with Crippen molar-refractivity contribution in [3.05, 3.63) is 47.5 Å². The van der Waals surface area contributed by atoms with Gasteiger partial charge in [0.2, 0.25) is 0 Å². The molecule has 1 N–H and O–H groups in total. The minimum atomic E-state index is 0. The molecular weight excluding hydrogens is 354 g/mol. The van der Waals surface area contributed by atoms with E-state index in [9.17, 15) is 0 Å². The molecule has 2 atom stereocenters. The van der Waals surface area contributed by atoms with Crippen molar-refractivity contribution in [2.75, 3.05) is 28.4 Å². The first-order chi connectivity index (χ1) is 12.0. The van der Waals surface area contributed by atoms with Crippen LogP contribution in [0.15, 0.2) is 36.4 Å². The first-order valence-electron chi connectivity index (χ1n) is 8.23. The van der Waals surface area contributed by atoms with E-state index in [4.69, 9.17) is 18.9 Å². The Kier molecular flexibility index (Phi) is 8.55. The molecule has 0 amide bonds. The number of halogens is 1. The lowest BCUT2D eigenvalue weighted by molar-refractivity contribution is 0.352. The van der Waals surface area contributed by atoms with E-state index in [0.29, 0.717) is 0 Å². The van der Waals surface area contributed by atoms with Crippen LogP contribution in [0.25, 0.3) is 0 Å². The molecule has 144 valence electrons. The van der Waals surface area contributed by atoms with Crippen molar-refractivity contribution in [1.82, 2.24) is 5.32 Å². The lowest BCUT2D eigenvalue weighted by atomic mass is 10.0. The van der Waals surface area contributed by atoms with Gasteiger partial charge in [0, 0.05) is 12.1 Å². The normalized spacial score (nSPS) is 12.5. The Morgan fingerprint density at radius 3 is 1.27 bits per heavy atom. The van der Waals surface area contributed by atoms with Gasteiger partial charge in [-0.2, -0.15) is 0 Å². The molecule has 2 rings (SSSR count). The van der Waals surface area contributed by atoms with Crippen molar-refractivity contribution in [3.8, 4) is 23.0 Å². The Hall–Kier alpha value is -2.11. The number of hydrogen-bond donors (Lipinski definition) is 1. The smallest absolute Gasteiger partial charge is 0.161 e. The van der Waals surface area contributed by atoms with Crippen molar-refractivity contribution < 1.29 is 18.9 Å². The van der Waals surface area contributed by atoms with Crippen molar-refractivity contribution in [1.29, 1.82) is 0 Å². The predicted molar refractivity (Wildman–Crippen MR) is 106 cm³/mol. The van der Waals surface area contributed by atoms with E-state index in [1.165, 1.54) is 0 Å². The van der Waals surface area contributed by atoms with Gasteiger partial charge in [-0.3, -0.25) is 0 Å². The highest BCUT2D eigenvalue weighted by Gasteiger charge is 2.15. The average Bonchev–Trinajstić information content (AvgIpc) is 2.66. The summed E-state index contributed by atoms with van der Waals surface area (Å²) in [6, 6.07) is 12.2. The van der Waals surface area contributed by atoms with Crippen LogP contribution in [0, 0.1) is 0 Å². The quantitative estimate of drug-likeness (QED) is 0.726. The average molecular weight is 382 g/mol. The third kappa shape index (κ3) is 4.96. The van der Waals surface area contributed by atoms with Crippen LogP contribution >= 0.6 is 12.4 Å². The molecule has 2 aromatic rings. The van der Waals surface area contributed by atoms with Crippen molar-refractivity contribution in [2.45, 2.75) is 25.9 Å². The molecule has 0 aliphatic carbocycles. The zero-order valence-corrected chi connectivity index (χ0v) is 17.0. The third-order valence-corrected chi connectivity index (χ3v) is 4.32. The second kappa shape index (κ2) is 10.1. The van der Waals surface area contributed by atoms with Gasteiger partial charge in [0.05, 0.1) is 28.4 Å². The van der Waals surface area contributed by atoms with Crippen LogP contribution in [-0.2, 0) is 0 Å². The van der Waals surface area contributed by atoms with E-state index >= 15 is 0 Å². The number of benzene rings is 2. The van der Waals surface area contributed by atoms with E-state index in [0.717, 1.165) is 34.1 Å². The molecule has 0 aliphatic heterocycles. The van der Waals surface area contributed by atoms with Gasteiger partial charge in [-0.15, -0.1) is 12.4 Å². The van der Waals surface area contributed by atoms with Gasteiger partial charge in [-0.1, -0.05) is 12.1 Å². The zero-order chi connectivity index (χ0) is 18.4. The molecule has 0 heterocycles. The van der Waals surface area contributed by atoms with E-state index < -0.39 is 0 Å². The predicted octanol–water partition coefficient (Wildman–Crippen LogP) is 4.55. The second-order valence-corrected chi connectivity index (χ2v) is 5.84. The summed E-state index contributed by atoms with van der Waals surface area (Å²) >= 11 is 0. The molecule has 0 spiro atoms. The number of ether oxygens (including phenoxy) is 4. The number of hydrogen-bond acceptors (Lipinski definition) is 5. The van der Waals surface area contributed by atoms with Gasteiger partial charge in [-0.05, 0) is 49.2 Å². The largest absolute Gasteiger partial charge is 0.493 e. The Bertz CT molecular complexity index is 649. The first kappa shape index (κ1) is 21.9. The third-order valence-electron chi connectivity index (χ3n) is 4.32. The van der Waals surface area contributed by atoms with Crippen molar-refractivity contribution in [2.24, 2.45) is 0 Å². The topological polar surface area (TPSA) is 49.0 Å². The number of nitrogens with one attached hydrogen (secondary N) is 1. The fraction of sp³-hybridized carbons (Fsp3) is 0.400. The highest BCUT2D eigenvalue weighted by molar-refractivity contribution is 5.85. The highest BCUT2D eigenvalue weighted by atomic mass is 35.5. The molecule has 0 saturated heterocycles. The molecular formula is C20H28ClNO4. The van der Waals surface area contributed by atoms with Crippen LogP contribution in [0.5, 0.6) is 23.0 Å². The fourth-order valence-corrected chi connectivity index (χ4v) is 2.81. The minimum absolute atomic E-state index is 0. The highest BCUT2D eigenvalue weighted by Crippen LogP contribution is 2.32. The molecule has 0 fully saturated rings. The maximum absolute atomic E-state index is 5.39. The molecule has 2 unspecified atom stereocenters. The van der Waals surface area contributed by atoms with E-state index in [-0.39, 0.29) is 24.5 Å². The summed E-state index contributed by atoms with van der Waals surface area (Å²) in [6.45, 7) is 4.25. The summed E-state index contributed by atoms with van der Waals surface area (Å²) in [4.78, 5) is 0. The van der Waals surface area contributed by atoms with Gasteiger partial charge in [0.15, 0.2) is 23.0 Å². The zero-order valence-electron chi connectivity index (χ0n) is 16.2. The molecule has 0 aliphatic rings. The van der Waals surface area contributed by atoms with Crippen molar-refractivity contribution in [3.63, 3.8) is 0 Å². The van der Waals surface area contributed by atoms with Crippen LogP contribution < -0.4 is 24.3 Å². The summed E-state index contributed by atoms with van der Waals surface area (Å²) in [5.41, 5.74) is 2.26. The van der Waals surface area contributed by atoms with Crippen LogP contribution in [0.4, 0.5) is 0 Å². The van der Waals surface area contributed by atoms with E-state index in [2.05, 4.69) is 19.2 Å². The second-order valence-electron chi connectivity index (χ2n) is 5.84. The molecule has 0 saturated carbocycles. The van der Waals surface area contributed by atoms with Crippen LogP contribution in [0.3, 0.4) is 0 Å². The molecule has 0 aromatic heterocycles. The maximum Gasteiger partial charge on any atom is 0.161 e. The molecule has 0 radical (unpaired) electrons. The number of methoxy groups -OCH3 is 4. The van der Waals surface area contributed by atoms with Gasteiger partial charge >= 0.3 is 0 Å². The standard InChI is InChI=1S/C20H27NO4.ClH/c1-13(15-7-9-17(22-3)19(11-15)24-5)21-14(2)16-8-10-18(23-4)20(12-16)25-6;/h7-14,21H,1-6H3;1H. The van der Waals surface area contributed by atoms with Crippen LogP contribution in [0.2, 0.25) is 0 Å². The minimum Gasteiger partial charge on any atom is -0.493 e. The number of rotatable bonds is 8. The summed E-state index contributed by atoms with van der Waals surface area (Å²) in [6.07, 6.45) is 0. The molecule has 5 nitrogen and oxygen atoms in total. The Morgan fingerprint density at radius 2 is 0.962 bits per heavy atom. The Morgan fingerprint density at radius 1 is 0.615 bits per heavy atom. The summed E-state index contributed by atoms with van der Waals surface area (Å²) in [5, 5.41) is 3.60. The van der Waals surface area contributed by atoms with Gasteiger partial charge in [0.1, 0.15) is 0 Å². The monoisotopic (exact) mass is 381 g/mol.